The van der Waals surface area contributed by atoms with E-state index < -0.39 is 0 Å². The number of fused-ring (bicyclic) bond motifs is 1. The summed E-state index contributed by atoms with van der Waals surface area (Å²) in [6, 6.07) is 18.1. The maximum atomic E-state index is 13.5. The number of hydrogen-bond donors (Lipinski definition) is 0. The molecule has 0 unspecified atom stereocenters. The summed E-state index contributed by atoms with van der Waals surface area (Å²) in [5.41, 5.74) is 4.01. The largest absolute Gasteiger partial charge is 0.337 e. The van der Waals surface area contributed by atoms with Gasteiger partial charge in [0.15, 0.2) is 11.0 Å². The number of benzene rings is 2. The fraction of sp³-hybridized carbons (Fsp3) is 0.167. The lowest BCUT2D eigenvalue weighted by Crippen LogP contribution is -2.37. The molecule has 8 heteroatoms. The van der Waals surface area contributed by atoms with Gasteiger partial charge < -0.3 is 4.90 Å². The van der Waals surface area contributed by atoms with Gasteiger partial charge in [-0.25, -0.2) is 4.39 Å². The highest BCUT2D eigenvalue weighted by Gasteiger charge is 2.22. The number of pyridine rings is 1. The molecule has 0 bridgehead atoms. The van der Waals surface area contributed by atoms with E-state index in [2.05, 4.69) is 27.3 Å². The third kappa shape index (κ3) is 4.13. The summed E-state index contributed by atoms with van der Waals surface area (Å²) < 4.78 is 15.3. The van der Waals surface area contributed by atoms with Crippen LogP contribution in [0, 0.1) is 5.82 Å². The average molecular weight is 446 g/mol. The lowest BCUT2D eigenvalue weighted by Gasteiger charge is -2.28. The quantitative estimate of drug-likeness (QED) is 0.432. The molecule has 1 amide bonds. The van der Waals surface area contributed by atoms with E-state index in [4.69, 9.17) is 0 Å². The van der Waals surface area contributed by atoms with Crippen LogP contribution < -0.4 is 0 Å². The predicted molar refractivity (Wildman–Crippen MR) is 121 cm³/mol. The molecule has 1 aliphatic heterocycles. The lowest BCUT2D eigenvalue weighted by atomic mass is 10.00. The SMILES string of the molecule is O=C(CSc1nnc(-c2cccnc2)n1-c1ccc(F)cc1)N1CCc2ccccc2C1. The molecule has 160 valence electrons. The number of halogens is 1. The zero-order valence-corrected chi connectivity index (χ0v) is 18.0. The molecule has 0 fully saturated rings. The van der Waals surface area contributed by atoms with E-state index >= 15 is 0 Å². The summed E-state index contributed by atoms with van der Waals surface area (Å²) in [5.74, 6) is 0.571. The predicted octanol–water partition coefficient (Wildman–Crippen LogP) is 4.15. The summed E-state index contributed by atoms with van der Waals surface area (Å²) in [4.78, 5) is 19.0. The second-order valence-corrected chi connectivity index (χ2v) is 8.42. The van der Waals surface area contributed by atoms with Crippen molar-refractivity contribution in [2.45, 2.75) is 18.1 Å². The Kier molecular flexibility index (Phi) is 5.68. The van der Waals surface area contributed by atoms with Crippen molar-refractivity contribution in [1.82, 2.24) is 24.6 Å². The monoisotopic (exact) mass is 445 g/mol. The van der Waals surface area contributed by atoms with Gasteiger partial charge in [-0.05, 0) is 53.9 Å². The Labute approximate surface area is 189 Å². The topological polar surface area (TPSA) is 63.9 Å². The van der Waals surface area contributed by atoms with Crippen LogP contribution in [0.1, 0.15) is 11.1 Å². The van der Waals surface area contributed by atoms with Gasteiger partial charge in [0.25, 0.3) is 0 Å². The fourth-order valence-electron chi connectivity index (χ4n) is 3.79. The summed E-state index contributed by atoms with van der Waals surface area (Å²) in [6.45, 7) is 1.34. The highest BCUT2D eigenvalue weighted by molar-refractivity contribution is 7.99. The number of amides is 1. The van der Waals surface area contributed by atoms with Crippen LogP contribution in [0.4, 0.5) is 4.39 Å². The molecule has 0 spiro atoms. The Morgan fingerprint density at radius 3 is 2.59 bits per heavy atom. The van der Waals surface area contributed by atoms with Gasteiger partial charge in [-0.2, -0.15) is 0 Å². The van der Waals surface area contributed by atoms with Crippen LogP contribution in [0.3, 0.4) is 0 Å². The zero-order chi connectivity index (χ0) is 21.9. The number of aromatic nitrogens is 4. The summed E-state index contributed by atoms with van der Waals surface area (Å²) in [5, 5.41) is 9.24. The Morgan fingerprint density at radius 1 is 1.00 bits per heavy atom. The van der Waals surface area contributed by atoms with E-state index in [1.807, 2.05) is 33.7 Å². The number of thioether (sulfide) groups is 1. The third-order valence-electron chi connectivity index (χ3n) is 5.45. The molecule has 0 saturated heterocycles. The van der Waals surface area contributed by atoms with Crippen molar-refractivity contribution in [2.75, 3.05) is 12.3 Å². The van der Waals surface area contributed by atoms with Crippen LogP contribution in [0.5, 0.6) is 0 Å². The Hall–Kier alpha value is -3.52. The first kappa shape index (κ1) is 20.4. The molecule has 0 atom stereocenters. The van der Waals surface area contributed by atoms with Gasteiger partial charge in [0.1, 0.15) is 5.82 Å². The first-order chi connectivity index (χ1) is 15.7. The molecule has 6 nitrogen and oxygen atoms in total. The van der Waals surface area contributed by atoms with Gasteiger partial charge in [0, 0.05) is 36.7 Å². The molecule has 5 rings (SSSR count). The summed E-state index contributed by atoms with van der Waals surface area (Å²) in [7, 11) is 0. The molecule has 32 heavy (non-hydrogen) atoms. The van der Waals surface area contributed by atoms with Crippen LogP contribution in [0.2, 0.25) is 0 Å². The number of rotatable bonds is 5. The van der Waals surface area contributed by atoms with E-state index in [-0.39, 0.29) is 17.5 Å². The first-order valence-corrected chi connectivity index (χ1v) is 11.3. The molecule has 0 N–H and O–H groups in total. The van der Waals surface area contributed by atoms with Gasteiger partial charge in [-0.15, -0.1) is 10.2 Å². The van der Waals surface area contributed by atoms with Crippen LogP contribution in [-0.2, 0) is 17.8 Å². The Balaban J connectivity index is 1.38. The van der Waals surface area contributed by atoms with Crippen LogP contribution in [0.15, 0.2) is 78.2 Å². The second-order valence-electron chi connectivity index (χ2n) is 7.48. The van der Waals surface area contributed by atoms with Crippen LogP contribution >= 0.6 is 11.8 Å². The fourth-order valence-corrected chi connectivity index (χ4v) is 4.65. The number of carbonyl (C=O) groups is 1. The highest BCUT2D eigenvalue weighted by Crippen LogP contribution is 2.28. The van der Waals surface area contributed by atoms with E-state index in [0.29, 0.717) is 24.1 Å². The molecule has 0 saturated carbocycles. The molecule has 1 aliphatic rings. The molecule has 0 radical (unpaired) electrons. The van der Waals surface area contributed by atoms with Gasteiger partial charge in [-0.3, -0.25) is 14.3 Å². The van der Waals surface area contributed by atoms with Crippen molar-refractivity contribution in [2.24, 2.45) is 0 Å². The summed E-state index contributed by atoms with van der Waals surface area (Å²) in [6.07, 6.45) is 4.26. The molecule has 2 aromatic carbocycles. The van der Waals surface area contributed by atoms with Crippen molar-refractivity contribution in [3.05, 3.63) is 90.0 Å². The van der Waals surface area contributed by atoms with Gasteiger partial charge in [0.2, 0.25) is 5.91 Å². The minimum absolute atomic E-state index is 0.0566. The zero-order valence-electron chi connectivity index (χ0n) is 17.2. The number of carbonyl (C=O) groups excluding carboxylic acids is 1. The molecular formula is C24H20FN5OS. The van der Waals surface area contributed by atoms with E-state index in [1.54, 1.807) is 24.5 Å². The highest BCUT2D eigenvalue weighted by atomic mass is 32.2. The van der Waals surface area contributed by atoms with E-state index in [0.717, 1.165) is 17.7 Å². The van der Waals surface area contributed by atoms with E-state index in [9.17, 15) is 9.18 Å². The van der Waals surface area contributed by atoms with Crippen LogP contribution in [-0.4, -0.2) is 42.9 Å². The maximum absolute atomic E-state index is 13.5. The molecule has 2 aromatic heterocycles. The van der Waals surface area contributed by atoms with Crippen LogP contribution in [0.25, 0.3) is 17.1 Å². The normalized spacial score (nSPS) is 13.1. The second kappa shape index (κ2) is 8.92. The van der Waals surface area contributed by atoms with Crippen molar-refractivity contribution in [3.8, 4) is 17.1 Å². The van der Waals surface area contributed by atoms with Gasteiger partial charge in [-0.1, -0.05) is 36.0 Å². The van der Waals surface area contributed by atoms with Crippen molar-refractivity contribution in [3.63, 3.8) is 0 Å². The van der Waals surface area contributed by atoms with E-state index in [1.165, 1.54) is 35.0 Å². The summed E-state index contributed by atoms with van der Waals surface area (Å²) >= 11 is 1.33. The van der Waals surface area contributed by atoms with Crippen molar-refractivity contribution in [1.29, 1.82) is 0 Å². The standard InChI is InChI=1S/C24H20FN5OS/c25-20-7-9-21(10-8-20)30-23(18-6-3-12-26-14-18)27-28-24(30)32-16-22(31)29-13-11-17-4-1-2-5-19(17)15-29/h1-10,12,14H,11,13,15-16H2. The molecular weight excluding hydrogens is 425 g/mol. The smallest absolute Gasteiger partial charge is 0.233 e. The number of nitrogens with zero attached hydrogens (tertiary/aromatic N) is 5. The minimum atomic E-state index is -0.320. The maximum Gasteiger partial charge on any atom is 0.233 e. The molecule has 4 aromatic rings. The Bertz CT molecular complexity index is 1240. The molecule has 0 aliphatic carbocycles. The van der Waals surface area contributed by atoms with Gasteiger partial charge in [0.05, 0.1) is 5.75 Å². The Morgan fingerprint density at radius 2 is 1.81 bits per heavy atom. The average Bonchev–Trinajstić information content (AvgIpc) is 3.27. The first-order valence-electron chi connectivity index (χ1n) is 10.3. The van der Waals surface area contributed by atoms with Crippen molar-refractivity contribution < 1.29 is 9.18 Å². The third-order valence-corrected chi connectivity index (χ3v) is 6.36. The number of hydrogen-bond acceptors (Lipinski definition) is 5. The lowest BCUT2D eigenvalue weighted by molar-refractivity contribution is -0.129. The molecule has 3 heterocycles. The minimum Gasteiger partial charge on any atom is -0.337 e. The van der Waals surface area contributed by atoms with Gasteiger partial charge >= 0.3 is 0 Å². The van der Waals surface area contributed by atoms with Crippen molar-refractivity contribution >= 4 is 17.7 Å².